The molecule has 0 saturated carbocycles. The molecule has 0 radical (unpaired) electrons. The zero-order chi connectivity index (χ0) is 13.8. The molecule has 0 bridgehead atoms. The van der Waals surface area contributed by atoms with Gasteiger partial charge in [-0.3, -0.25) is 4.90 Å². The van der Waals surface area contributed by atoms with Gasteiger partial charge in [-0.05, 0) is 20.3 Å². The van der Waals surface area contributed by atoms with Crippen LogP contribution in [0.2, 0.25) is 0 Å². The summed E-state index contributed by atoms with van der Waals surface area (Å²) in [5, 5.41) is 3.27. The molecule has 5 nitrogen and oxygen atoms in total. The molecule has 0 spiro atoms. The number of sulfonamides is 1. The van der Waals surface area contributed by atoms with Crippen molar-refractivity contribution in [3.05, 3.63) is 0 Å². The van der Waals surface area contributed by atoms with Gasteiger partial charge in [0, 0.05) is 45.3 Å². The van der Waals surface area contributed by atoms with E-state index < -0.39 is 10.0 Å². The molecular formula is C12H27N3O2S. The van der Waals surface area contributed by atoms with Crippen LogP contribution >= 0.6 is 0 Å². The van der Waals surface area contributed by atoms with Crippen LogP contribution in [-0.2, 0) is 10.0 Å². The minimum Gasteiger partial charge on any atom is -0.314 e. The van der Waals surface area contributed by atoms with Gasteiger partial charge in [0.2, 0.25) is 10.0 Å². The molecule has 0 aliphatic carbocycles. The van der Waals surface area contributed by atoms with Crippen LogP contribution in [0.3, 0.4) is 0 Å². The maximum atomic E-state index is 12.3. The van der Waals surface area contributed by atoms with Gasteiger partial charge >= 0.3 is 0 Å². The maximum absolute atomic E-state index is 12.3. The van der Waals surface area contributed by atoms with Crippen molar-refractivity contribution in [1.29, 1.82) is 0 Å². The largest absolute Gasteiger partial charge is 0.314 e. The van der Waals surface area contributed by atoms with Gasteiger partial charge in [0.25, 0.3) is 0 Å². The van der Waals surface area contributed by atoms with E-state index in [1.807, 2.05) is 20.8 Å². The molecule has 0 aromatic carbocycles. The van der Waals surface area contributed by atoms with Crippen molar-refractivity contribution < 1.29 is 8.42 Å². The minimum absolute atomic E-state index is 0.215. The summed E-state index contributed by atoms with van der Waals surface area (Å²) in [4.78, 5) is 2.21. The van der Waals surface area contributed by atoms with Crippen molar-refractivity contribution in [2.24, 2.45) is 0 Å². The Morgan fingerprint density at radius 2 is 1.83 bits per heavy atom. The zero-order valence-electron chi connectivity index (χ0n) is 12.1. The van der Waals surface area contributed by atoms with Gasteiger partial charge in [-0.25, -0.2) is 8.42 Å². The van der Waals surface area contributed by atoms with Gasteiger partial charge < -0.3 is 5.32 Å². The van der Waals surface area contributed by atoms with Crippen molar-refractivity contribution in [2.75, 3.05) is 45.5 Å². The lowest BCUT2D eigenvalue weighted by molar-refractivity contribution is 0.241. The lowest BCUT2D eigenvalue weighted by Gasteiger charge is -2.34. The summed E-state index contributed by atoms with van der Waals surface area (Å²) in [7, 11) is -1.47. The summed E-state index contributed by atoms with van der Waals surface area (Å²) in [6.07, 6.45) is 0.816. The first-order chi connectivity index (χ1) is 8.29. The molecule has 18 heavy (non-hydrogen) atoms. The second kappa shape index (κ2) is 6.32. The fourth-order valence-corrected chi connectivity index (χ4v) is 3.56. The van der Waals surface area contributed by atoms with Gasteiger partial charge in [0.05, 0.1) is 5.75 Å². The van der Waals surface area contributed by atoms with E-state index >= 15 is 0 Å². The number of hydrogen-bond donors (Lipinski definition) is 1. The molecule has 0 amide bonds. The molecule has 0 aromatic rings. The summed E-state index contributed by atoms with van der Waals surface area (Å²) in [5.41, 5.74) is -0.303. The number of nitrogens with zero attached hydrogens (tertiary/aromatic N) is 2. The van der Waals surface area contributed by atoms with E-state index in [9.17, 15) is 8.42 Å². The highest BCUT2D eigenvalue weighted by Crippen LogP contribution is 2.20. The molecule has 1 aliphatic heterocycles. The topological polar surface area (TPSA) is 52.7 Å². The Kier molecular flexibility index (Phi) is 5.58. The molecule has 108 valence electrons. The highest BCUT2D eigenvalue weighted by atomic mass is 32.2. The standard InChI is InChI=1S/C12H27N3O2S/c1-5-12(2,3)14(4)18(16,17)11-10-15-8-6-13-7-9-15/h13H,5-11H2,1-4H3. The lowest BCUT2D eigenvalue weighted by atomic mass is 10.0. The van der Waals surface area contributed by atoms with Gasteiger partial charge in [-0.1, -0.05) is 6.92 Å². The Labute approximate surface area is 112 Å². The molecule has 1 aliphatic rings. The van der Waals surface area contributed by atoms with Crippen LogP contribution in [-0.4, -0.2) is 68.7 Å². The molecule has 1 fully saturated rings. The van der Waals surface area contributed by atoms with E-state index in [0.29, 0.717) is 6.54 Å². The number of nitrogens with one attached hydrogen (secondary N) is 1. The molecule has 0 unspecified atom stereocenters. The summed E-state index contributed by atoms with van der Waals surface area (Å²) in [6.45, 7) is 10.4. The molecule has 6 heteroatoms. The summed E-state index contributed by atoms with van der Waals surface area (Å²) in [6, 6.07) is 0. The van der Waals surface area contributed by atoms with Crippen LogP contribution < -0.4 is 5.32 Å². The highest BCUT2D eigenvalue weighted by Gasteiger charge is 2.31. The second-order valence-electron chi connectivity index (χ2n) is 5.54. The maximum Gasteiger partial charge on any atom is 0.215 e. The first-order valence-electron chi connectivity index (χ1n) is 6.69. The number of hydrogen-bond acceptors (Lipinski definition) is 4. The van der Waals surface area contributed by atoms with Crippen molar-refractivity contribution in [3.8, 4) is 0 Å². The first kappa shape index (κ1) is 15.9. The Hall–Kier alpha value is -0.170. The molecule has 1 rings (SSSR count). The van der Waals surface area contributed by atoms with E-state index in [1.54, 1.807) is 7.05 Å². The lowest BCUT2D eigenvalue weighted by Crippen LogP contribution is -2.49. The summed E-state index contributed by atoms with van der Waals surface area (Å²) in [5.74, 6) is 0.215. The zero-order valence-corrected chi connectivity index (χ0v) is 12.9. The smallest absolute Gasteiger partial charge is 0.215 e. The van der Waals surface area contributed by atoms with Crippen molar-refractivity contribution in [1.82, 2.24) is 14.5 Å². The van der Waals surface area contributed by atoms with Crippen LogP contribution in [0.5, 0.6) is 0 Å². The Morgan fingerprint density at radius 3 is 2.33 bits per heavy atom. The van der Waals surface area contributed by atoms with Gasteiger partial charge in [-0.15, -0.1) is 0 Å². The van der Waals surface area contributed by atoms with Gasteiger partial charge in [-0.2, -0.15) is 4.31 Å². The fourth-order valence-electron chi connectivity index (χ4n) is 1.92. The molecule has 0 atom stereocenters. The second-order valence-corrected chi connectivity index (χ2v) is 7.66. The third-order valence-electron chi connectivity index (χ3n) is 4.01. The van der Waals surface area contributed by atoms with E-state index in [-0.39, 0.29) is 11.3 Å². The highest BCUT2D eigenvalue weighted by molar-refractivity contribution is 7.89. The summed E-state index contributed by atoms with van der Waals surface area (Å²) < 4.78 is 26.1. The van der Waals surface area contributed by atoms with E-state index in [1.165, 1.54) is 4.31 Å². The van der Waals surface area contributed by atoms with Crippen LogP contribution in [0.4, 0.5) is 0 Å². The predicted molar refractivity (Wildman–Crippen MR) is 75.2 cm³/mol. The van der Waals surface area contributed by atoms with E-state index in [0.717, 1.165) is 32.6 Å². The summed E-state index contributed by atoms with van der Waals surface area (Å²) >= 11 is 0. The Balaban J connectivity index is 2.53. The van der Waals surface area contributed by atoms with Crippen molar-refractivity contribution in [2.45, 2.75) is 32.7 Å². The third kappa shape index (κ3) is 4.19. The normalized spacial score (nSPS) is 19.4. The van der Waals surface area contributed by atoms with Crippen LogP contribution in [0.15, 0.2) is 0 Å². The third-order valence-corrected chi connectivity index (χ3v) is 6.04. The average Bonchev–Trinajstić information content (AvgIpc) is 2.37. The fraction of sp³-hybridized carbons (Fsp3) is 1.00. The van der Waals surface area contributed by atoms with Crippen LogP contribution in [0.25, 0.3) is 0 Å². The number of rotatable bonds is 6. The monoisotopic (exact) mass is 277 g/mol. The van der Waals surface area contributed by atoms with E-state index in [4.69, 9.17) is 0 Å². The molecule has 0 aromatic heterocycles. The van der Waals surface area contributed by atoms with E-state index in [2.05, 4.69) is 10.2 Å². The Bertz CT molecular complexity index is 348. The number of piperazine rings is 1. The van der Waals surface area contributed by atoms with Gasteiger partial charge in [0.1, 0.15) is 0 Å². The average molecular weight is 277 g/mol. The van der Waals surface area contributed by atoms with Crippen LogP contribution in [0, 0.1) is 0 Å². The van der Waals surface area contributed by atoms with Crippen LogP contribution in [0.1, 0.15) is 27.2 Å². The molecular weight excluding hydrogens is 250 g/mol. The molecule has 1 N–H and O–H groups in total. The first-order valence-corrected chi connectivity index (χ1v) is 8.30. The van der Waals surface area contributed by atoms with Crippen molar-refractivity contribution in [3.63, 3.8) is 0 Å². The van der Waals surface area contributed by atoms with Gasteiger partial charge in [0.15, 0.2) is 0 Å². The minimum atomic E-state index is -3.16. The SMILES string of the molecule is CCC(C)(C)N(C)S(=O)(=O)CCN1CCNCC1. The molecule has 1 saturated heterocycles. The quantitative estimate of drug-likeness (QED) is 0.761. The van der Waals surface area contributed by atoms with Crippen molar-refractivity contribution >= 4 is 10.0 Å². The molecule has 1 heterocycles. The Morgan fingerprint density at radius 1 is 1.28 bits per heavy atom. The predicted octanol–water partition coefficient (Wildman–Crippen LogP) is 0.342.